The van der Waals surface area contributed by atoms with Crippen LogP contribution in [0, 0.1) is 0 Å². The summed E-state index contributed by atoms with van der Waals surface area (Å²) < 4.78 is 12.2. The molecule has 3 aromatic carbocycles. The molecule has 35 heavy (non-hydrogen) atoms. The number of anilines is 1. The van der Waals surface area contributed by atoms with Crippen molar-refractivity contribution in [2.75, 3.05) is 19.5 Å². The number of hydrogen-bond acceptors (Lipinski definition) is 5. The van der Waals surface area contributed by atoms with Gasteiger partial charge >= 0.3 is 6.03 Å². The van der Waals surface area contributed by atoms with Crippen LogP contribution in [0.1, 0.15) is 24.4 Å². The summed E-state index contributed by atoms with van der Waals surface area (Å²) in [6.07, 6.45) is 0. The van der Waals surface area contributed by atoms with Crippen molar-refractivity contribution in [2.45, 2.75) is 19.5 Å². The van der Waals surface area contributed by atoms with E-state index >= 15 is 0 Å². The predicted octanol–water partition coefficient (Wildman–Crippen LogP) is 4.75. The lowest BCUT2D eigenvalue weighted by Crippen LogP contribution is -2.39. The second-order valence-corrected chi connectivity index (χ2v) is 8.14. The molecule has 8 heteroatoms. The van der Waals surface area contributed by atoms with Crippen molar-refractivity contribution < 1.29 is 14.3 Å². The van der Waals surface area contributed by atoms with Gasteiger partial charge in [-0.05, 0) is 36.8 Å². The molecule has 8 nitrogen and oxygen atoms in total. The molecule has 180 valence electrons. The van der Waals surface area contributed by atoms with Gasteiger partial charge in [0, 0.05) is 19.7 Å². The Labute approximate surface area is 203 Å². The maximum atomic E-state index is 13.6. The van der Waals surface area contributed by atoms with E-state index in [4.69, 9.17) is 14.5 Å². The van der Waals surface area contributed by atoms with Gasteiger partial charge in [-0.25, -0.2) is 9.78 Å². The Balaban J connectivity index is 1.73. The standard InChI is InChI=1S/C27H28N4O4/c1-18(25-28-22-13-9-8-12-21(22)26(32)30(25)2)31(17-19-10-6-5-7-11-19)27(33)29-23-15-14-20(34-3)16-24(23)35-4/h5-16,18H,17H2,1-4H3,(H,29,33). The summed E-state index contributed by atoms with van der Waals surface area (Å²) in [4.78, 5) is 33.0. The number of benzene rings is 3. The molecule has 1 N–H and O–H groups in total. The molecule has 0 aliphatic rings. The van der Waals surface area contributed by atoms with Gasteiger partial charge in [-0.3, -0.25) is 9.36 Å². The van der Waals surface area contributed by atoms with Crippen LogP contribution < -0.4 is 20.3 Å². The number of fused-ring (bicyclic) bond motifs is 1. The van der Waals surface area contributed by atoms with E-state index < -0.39 is 6.04 Å². The minimum Gasteiger partial charge on any atom is -0.497 e. The number of carbonyl (C=O) groups is 1. The number of rotatable bonds is 7. The van der Waals surface area contributed by atoms with Crippen molar-refractivity contribution in [3.05, 3.63) is 94.5 Å². The average Bonchev–Trinajstić information content (AvgIpc) is 2.89. The van der Waals surface area contributed by atoms with Crippen molar-refractivity contribution in [3.63, 3.8) is 0 Å². The fraction of sp³-hybridized carbons (Fsp3) is 0.222. The summed E-state index contributed by atoms with van der Waals surface area (Å²) in [5.74, 6) is 1.58. The maximum Gasteiger partial charge on any atom is 0.322 e. The normalized spacial score (nSPS) is 11.7. The molecule has 1 unspecified atom stereocenters. The zero-order valence-corrected chi connectivity index (χ0v) is 20.2. The maximum absolute atomic E-state index is 13.6. The molecule has 4 aromatic rings. The second kappa shape index (κ2) is 10.3. The van der Waals surface area contributed by atoms with Gasteiger partial charge in [0.05, 0.1) is 36.9 Å². The van der Waals surface area contributed by atoms with Crippen LogP contribution in [0.4, 0.5) is 10.5 Å². The third kappa shape index (κ3) is 4.96. The summed E-state index contributed by atoms with van der Waals surface area (Å²) in [5.41, 5.74) is 1.88. The fourth-order valence-electron chi connectivity index (χ4n) is 4.00. The molecule has 0 bridgehead atoms. The molecule has 0 fully saturated rings. The number of ether oxygens (including phenoxy) is 2. The Bertz CT molecular complexity index is 1400. The van der Waals surface area contributed by atoms with E-state index in [1.165, 1.54) is 11.7 Å². The highest BCUT2D eigenvalue weighted by atomic mass is 16.5. The third-order valence-corrected chi connectivity index (χ3v) is 5.97. The average molecular weight is 473 g/mol. The summed E-state index contributed by atoms with van der Waals surface area (Å²) in [6, 6.07) is 21.2. The molecular weight excluding hydrogens is 444 g/mol. The van der Waals surface area contributed by atoms with Gasteiger partial charge in [0.15, 0.2) is 0 Å². The first kappa shape index (κ1) is 23.8. The van der Waals surface area contributed by atoms with Crippen LogP contribution in [0.2, 0.25) is 0 Å². The zero-order valence-electron chi connectivity index (χ0n) is 20.2. The Morgan fingerprint density at radius 3 is 2.46 bits per heavy atom. The summed E-state index contributed by atoms with van der Waals surface area (Å²) in [5, 5.41) is 3.48. The van der Waals surface area contributed by atoms with Gasteiger partial charge in [-0.2, -0.15) is 0 Å². The minimum absolute atomic E-state index is 0.158. The first-order valence-electron chi connectivity index (χ1n) is 11.2. The lowest BCUT2D eigenvalue weighted by molar-refractivity contribution is 0.184. The molecule has 4 rings (SSSR count). The van der Waals surface area contributed by atoms with Gasteiger partial charge in [0.2, 0.25) is 0 Å². The highest BCUT2D eigenvalue weighted by Crippen LogP contribution is 2.30. The van der Waals surface area contributed by atoms with E-state index in [0.717, 1.165) is 5.56 Å². The molecular formula is C27H28N4O4. The van der Waals surface area contributed by atoms with Crippen molar-refractivity contribution in [2.24, 2.45) is 7.05 Å². The molecule has 0 saturated carbocycles. The van der Waals surface area contributed by atoms with Crippen LogP contribution >= 0.6 is 0 Å². The summed E-state index contributed by atoms with van der Waals surface area (Å²) in [6.45, 7) is 2.18. The van der Waals surface area contributed by atoms with Crippen LogP contribution in [0.15, 0.2) is 77.6 Å². The monoisotopic (exact) mass is 472 g/mol. The zero-order chi connectivity index (χ0) is 24.9. The lowest BCUT2D eigenvalue weighted by atomic mass is 10.1. The molecule has 2 amide bonds. The highest BCUT2D eigenvalue weighted by molar-refractivity contribution is 5.91. The highest BCUT2D eigenvalue weighted by Gasteiger charge is 2.26. The van der Waals surface area contributed by atoms with Crippen LogP contribution in [0.25, 0.3) is 10.9 Å². The Morgan fingerprint density at radius 2 is 1.74 bits per heavy atom. The molecule has 0 spiro atoms. The van der Waals surface area contributed by atoms with Crippen molar-refractivity contribution in [1.82, 2.24) is 14.5 Å². The number of urea groups is 1. The number of hydrogen-bond donors (Lipinski definition) is 1. The Kier molecular flexibility index (Phi) is 7.01. The third-order valence-electron chi connectivity index (χ3n) is 5.97. The number of para-hydroxylation sites is 1. The minimum atomic E-state index is -0.512. The molecule has 1 aromatic heterocycles. The van der Waals surface area contributed by atoms with Crippen molar-refractivity contribution in [3.8, 4) is 11.5 Å². The first-order valence-corrected chi connectivity index (χ1v) is 11.2. The van der Waals surface area contributed by atoms with Crippen LogP contribution in [0.5, 0.6) is 11.5 Å². The topological polar surface area (TPSA) is 85.7 Å². The molecule has 1 atom stereocenters. The molecule has 0 aliphatic carbocycles. The Morgan fingerprint density at radius 1 is 1.03 bits per heavy atom. The van der Waals surface area contributed by atoms with Gasteiger partial charge in [0.25, 0.3) is 5.56 Å². The predicted molar refractivity (Wildman–Crippen MR) is 136 cm³/mol. The molecule has 0 aliphatic heterocycles. The fourth-order valence-corrected chi connectivity index (χ4v) is 4.00. The van der Waals surface area contributed by atoms with Gasteiger partial charge in [-0.15, -0.1) is 0 Å². The largest absolute Gasteiger partial charge is 0.497 e. The number of nitrogens with one attached hydrogen (secondary N) is 1. The van der Waals surface area contributed by atoms with E-state index in [9.17, 15) is 9.59 Å². The lowest BCUT2D eigenvalue weighted by Gasteiger charge is -2.30. The van der Waals surface area contributed by atoms with Crippen molar-refractivity contribution in [1.29, 1.82) is 0 Å². The van der Waals surface area contributed by atoms with Crippen molar-refractivity contribution >= 4 is 22.6 Å². The number of carbonyl (C=O) groups excluding carboxylic acids is 1. The first-order chi connectivity index (χ1) is 16.9. The Hall–Kier alpha value is -4.33. The van der Waals surface area contributed by atoms with E-state index in [2.05, 4.69) is 5.32 Å². The number of aromatic nitrogens is 2. The summed E-state index contributed by atoms with van der Waals surface area (Å²) >= 11 is 0. The van der Waals surface area contributed by atoms with E-state index in [0.29, 0.717) is 40.5 Å². The van der Waals surface area contributed by atoms with Gasteiger partial charge in [0.1, 0.15) is 17.3 Å². The van der Waals surface area contributed by atoms with E-state index in [1.807, 2.05) is 49.4 Å². The number of methoxy groups -OCH3 is 2. The van der Waals surface area contributed by atoms with Gasteiger partial charge in [-0.1, -0.05) is 42.5 Å². The smallest absolute Gasteiger partial charge is 0.322 e. The van der Waals surface area contributed by atoms with E-state index in [1.54, 1.807) is 49.4 Å². The summed E-state index contributed by atoms with van der Waals surface area (Å²) in [7, 11) is 4.78. The second-order valence-electron chi connectivity index (χ2n) is 8.14. The quantitative estimate of drug-likeness (QED) is 0.420. The number of amides is 2. The van der Waals surface area contributed by atoms with Crippen LogP contribution in [0.3, 0.4) is 0 Å². The SMILES string of the molecule is COc1ccc(NC(=O)N(Cc2ccccc2)C(C)c2nc3ccccc3c(=O)n2C)c(OC)c1. The van der Waals surface area contributed by atoms with Crippen LogP contribution in [-0.4, -0.2) is 34.7 Å². The van der Waals surface area contributed by atoms with E-state index in [-0.39, 0.29) is 11.6 Å². The molecule has 1 heterocycles. The van der Waals surface area contributed by atoms with Crippen LogP contribution in [-0.2, 0) is 13.6 Å². The number of nitrogens with zero attached hydrogens (tertiary/aromatic N) is 3. The van der Waals surface area contributed by atoms with Gasteiger partial charge < -0.3 is 19.7 Å². The molecule has 0 saturated heterocycles. The molecule has 0 radical (unpaired) electrons.